The standard InChI is InChI=1S/C13H8BrFN4O/c14-9-6-7(15)3-4-8(9)12-18-13(20-19-12)11-10(16)2-1-5-17-11/h1-6H,16H2. The second kappa shape index (κ2) is 5.01. The summed E-state index contributed by atoms with van der Waals surface area (Å²) in [5.74, 6) is 0.199. The molecule has 5 nitrogen and oxygen atoms in total. The van der Waals surface area contributed by atoms with Crippen LogP contribution in [0, 0.1) is 5.82 Å². The van der Waals surface area contributed by atoms with Gasteiger partial charge in [0.2, 0.25) is 5.82 Å². The second-order valence-electron chi connectivity index (χ2n) is 3.99. The molecular formula is C13H8BrFN4O. The number of rotatable bonds is 2. The Hall–Kier alpha value is -2.28. The van der Waals surface area contributed by atoms with Crippen molar-refractivity contribution in [3.05, 3.63) is 46.8 Å². The summed E-state index contributed by atoms with van der Waals surface area (Å²) >= 11 is 3.26. The Kier molecular flexibility index (Phi) is 3.19. The predicted molar refractivity (Wildman–Crippen MR) is 75.0 cm³/mol. The molecule has 2 heterocycles. The van der Waals surface area contributed by atoms with Crippen LogP contribution in [0.4, 0.5) is 10.1 Å². The molecule has 2 N–H and O–H groups in total. The third-order valence-corrected chi connectivity index (χ3v) is 3.30. The number of anilines is 1. The summed E-state index contributed by atoms with van der Waals surface area (Å²) in [5, 5.41) is 3.86. The lowest BCUT2D eigenvalue weighted by Gasteiger charge is -1.98. The smallest absolute Gasteiger partial charge is 0.278 e. The van der Waals surface area contributed by atoms with Gasteiger partial charge in [0.25, 0.3) is 5.89 Å². The zero-order valence-electron chi connectivity index (χ0n) is 10.0. The molecule has 3 aromatic rings. The third kappa shape index (κ3) is 2.27. The maximum absolute atomic E-state index is 13.1. The van der Waals surface area contributed by atoms with Crippen LogP contribution < -0.4 is 5.73 Å². The number of halogens is 2. The monoisotopic (exact) mass is 334 g/mol. The fraction of sp³-hybridized carbons (Fsp3) is 0. The van der Waals surface area contributed by atoms with Gasteiger partial charge in [-0.25, -0.2) is 9.37 Å². The van der Waals surface area contributed by atoms with E-state index in [2.05, 4.69) is 31.1 Å². The van der Waals surface area contributed by atoms with Gasteiger partial charge in [0.05, 0.1) is 5.69 Å². The van der Waals surface area contributed by atoms with Crippen LogP contribution in [-0.2, 0) is 0 Å². The van der Waals surface area contributed by atoms with E-state index in [1.165, 1.54) is 12.1 Å². The van der Waals surface area contributed by atoms with Crippen molar-refractivity contribution in [2.75, 3.05) is 5.73 Å². The molecule has 0 bridgehead atoms. The molecule has 100 valence electrons. The first kappa shape index (κ1) is 12.7. The van der Waals surface area contributed by atoms with Gasteiger partial charge in [-0.1, -0.05) is 5.16 Å². The normalized spacial score (nSPS) is 10.7. The first-order valence-corrected chi connectivity index (χ1v) is 6.44. The van der Waals surface area contributed by atoms with E-state index in [1.54, 1.807) is 24.4 Å². The van der Waals surface area contributed by atoms with Crippen LogP contribution in [0.15, 0.2) is 45.5 Å². The molecule has 0 saturated heterocycles. The Balaban J connectivity index is 2.04. The van der Waals surface area contributed by atoms with Crippen molar-refractivity contribution in [1.29, 1.82) is 0 Å². The highest BCUT2D eigenvalue weighted by Gasteiger charge is 2.15. The summed E-state index contributed by atoms with van der Waals surface area (Å²) in [6.45, 7) is 0. The van der Waals surface area contributed by atoms with Crippen LogP contribution in [0.3, 0.4) is 0 Å². The van der Waals surface area contributed by atoms with Crippen LogP contribution in [0.2, 0.25) is 0 Å². The van der Waals surface area contributed by atoms with E-state index < -0.39 is 0 Å². The second-order valence-corrected chi connectivity index (χ2v) is 4.84. The Morgan fingerprint density at radius 2 is 2.10 bits per heavy atom. The third-order valence-electron chi connectivity index (χ3n) is 2.64. The number of nitrogens with two attached hydrogens (primary N) is 1. The summed E-state index contributed by atoms with van der Waals surface area (Å²) < 4.78 is 18.8. The minimum atomic E-state index is -0.349. The number of hydrogen-bond acceptors (Lipinski definition) is 5. The van der Waals surface area contributed by atoms with Gasteiger partial charge >= 0.3 is 0 Å². The highest BCUT2D eigenvalue weighted by atomic mass is 79.9. The van der Waals surface area contributed by atoms with E-state index in [4.69, 9.17) is 10.3 Å². The van der Waals surface area contributed by atoms with Gasteiger partial charge in [0.1, 0.15) is 5.82 Å². The van der Waals surface area contributed by atoms with Crippen molar-refractivity contribution in [2.24, 2.45) is 0 Å². The topological polar surface area (TPSA) is 77.8 Å². The van der Waals surface area contributed by atoms with Crippen molar-refractivity contribution in [1.82, 2.24) is 15.1 Å². The Labute approximate surface area is 121 Å². The van der Waals surface area contributed by atoms with Gasteiger partial charge in [-0.05, 0) is 46.3 Å². The van der Waals surface area contributed by atoms with Crippen molar-refractivity contribution < 1.29 is 8.91 Å². The largest absolute Gasteiger partial charge is 0.397 e. The average Bonchev–Trinajstić information content (AvgIpc) is 2.88. The number of hydrogen-bond donors (Lipinski definition) is 1. The van der Waals surface area contributed by atoms with E-state index in [1.807, 2.05) is 0 Å². The summed E-state index contributed by atoms with van der Waals surface area (Å²) in [6.07, 6.45) is 1.59. The maximum Gasteiger partial charge on any atom is 0.278 e. The molecule has 0 spiro atoms. The maximum atomic E-state index is 13.1. The zero-order valence-corrected chi connectivity index (χ0v) is 11.6. The fourth-order valence-corrected chi connectivity index (χ4v) is 2.22. The highest BCUT2D eigenvalue weighted by Crippen LogP contribution is 2.29. The van der Waals surface area contributed by atoms with Gasteiger partial charge < -0.3 is 10.3 Å². The van der Waals surface area contributed by atoms with Crippen LogP contribution in [0.1, 0.15) is 0 Å². The number of benzene rings is 1. The van der Waals surface area contributed by atoms with E-state index in [-0.39, 0.29) is 11.7 Å². The molecule has 0 fully saturated rings. The Morgan fingerprint density at radius 3 is 2.85 bits per heavy atom. The molecule has 0 unspecified atom stereocenters. The molecular weight excluding hydrogens is 327 g/mol. The highest BCUT2D eigenvalue weighted by molar-refractivity contribution is 9.10. The average molecular weight is 335 g/mol. The molecule has 0 saturated carbocycles. The lowest BCUT2D eigenvalue weighted by atomic mass is 10.2. The van der Waals surface area contributed by atoms with Gasteiger partial charge in [0.15, 0.2) is 5.69 Å². The lowest BCUT2D eigenvalue weighted by Crippen LogP contribution is -1.92. The van der Waals surface area contributed by atoms with Crippen molar-refractivity contribution in [3.63, 3.8) is 0 Å². The number of nitrogen functional groups attached to an aromatic ring is 1. The van der Waals surface area contributed by atoms with Gasteiger partial charge in [-0.15, -0.1) is 0 Å². The first-order chi connectivity index (χ1) is 9.65. The SMILES string of the molecule is Nc1cccnc1-c1nc(-c2ccc(F)cc2Br)no1. The summed E-state index contributed by atoms with van der Waals surface area (Å²) in [5.41, 5.74) is 7.29. The molecule has 0 amide bonds. The van der Waals surface area contributed by atoms with Crippen LogP contribution in [-0.4, -0.2) is 15.1 Å². The molecule has 3 rings (SSSR count). The van der Waals surface area contributed by atoms with E-state index >= 15 is 0 Å². The quantitative estimate of drug-likeness (QED) is 0.778. The molecule has 7 heteroatoms. The molecule has 0 aliphatic rings. The molecule has 0 aliphatic carbocycles. The number of aromatic nitrogens is 3. The molecule has 1 aromatic carbocycles. The molecule has 0 aliphatic heterocycles. The fourth-order valence-electron chi connectivity index (χ4n) is 1.70. The Bertz CT molecular complexity index is 775. The minimum absolute atomic E-state index is 0.217. The van der Waals surface area contributed by atoms with Crippen molar-refractivity contribution in [3.8, 4) is 23.0 Å². The number of nitrogens with zero attached hydrogens (tertiary/aromatic N) is 3. The molecule has 0 atom stereocenters. The predicted octanol–water partition coefficient (Wildman–Crippen LogP) is 3.28. The van der Waals surface area contributed by atoms with Gasteiger partial charge in [-0.3, -0.25) is 0 Å². The lowest BCUT2D eigenvalue weighted by molar-refractivity contribution is 0.431. The van der Waals surface area contributed by atoms with Gasteiger partial charge in [-0.2, -0.15) is 4.98 Å². The summed E-state index contributed by atoms with van der Waals surface area (Å²) in [6, 6.07) is 7.63. The zero-order chi connectivity index (χ0) is 14.1. The molecule has 20 heavy (non-hydrogen) atoms. The van der Waals surface area contributed by atoms with E-state index in [9.17, 15) is 4.39 Å². The molecule has 2 aromatic heterocycles. The minimum Gasteiger partial charge on any atom is -0.397 e. The molecule has 0 radical (unpaired) electrons. The van der Waals surface area contributed by atoms with E-state index in [0.717, 1.165) is 0 Å². The first-order valence-electron chi connectivity index (χ1n) is 5.65. The van der Waals surface area contributed by atoms with Crippen molar-refractivity contribution >= 4 is 21.6 Å². The van der Waals surface area contributed by atoms with Gasteiger partial charge in [0, 0.05) is 16.2 Å². The van der Waals surface area contributed by atoms with E-state index in [0.29, 0.717) is 27.2 Å². The summed E-state index contributed by atoms with van der Waals surface area (Å²) in [4.78, 5) is 8.33. The van der Waals surface area contributed by atoms with Crippen LogP contribution >= 0.6 is 15.9 Å². The number of pyridine rings is 1. The van der Waals surface area contributed by atoms with Crippen LogP contribution in [0.5, 0.6) is 0 Å². The Morgan fingerprint density at radius 1 is 1.25 bits per heavy atom. The van der Waals surface area contributed by atoms with Crippen molar-refractivity contribution in [2.45, 2.75) is 0 Å². The van der Waals surface area contributed by atoms with Crippen LogP contribution in [0.25, 0.3) is 23.0 Å². The summed E-state index contributed by atoms with van der Waals surface area (Å²) in [7, 11) is 0.